The van der Waals surface area contributed by atoms with E-state index in [0.717, 1.165) is 16.0 Å². The average Bonchev–Trinajstić information content (AvgIpc) is 3.48. The second-order valence-electron chi connectivity index (χ2n) is 8.28. The largest absolute Gasteiger partial charge is 0.463 e. The maximum absolute atomic E-state index is 13.7. The molecular formula is C28H23ClN2O4S2. The van der Waals surface area contributed by atoms with Gasteiger partial charge in [0, 0.05) is 21.6 Å². The normalized spacial score (nSPS) is 15.5. The number of hydrogen-bond donors (Lipinski definition) is 0. The van der Waals surface area contributed by atoms with Crippen LogP contribution < -0.4 is 14.9 Å². The van der Waals surface area contributed by atoms with Crippen molar-refractivity contribution in [2.75, 3.05) is 12.9 Å². The lowest BCUT2D eigenvalue weighted by Crippen LogP contribution is -2.39. The van der Waals surface area contributed by atoms with Gasteiger partial charge >= 0.3 is 5.97 Å². The Hall–Kier alpha value is -3.33. The summed E-state index contributed by atoms with van der Waals surface area (Å²) < 4.78 is 13.4. The second-order valence-corrected chi connectivity index (χ2v) is 10.6. The molecule has 5 rings (SSSR count). The molecule has 1 aliphatic rings. The molecule has 0 amide bonds. The van der Waals surface area contributed by atoms with Crippen LogP contribution in [0.25, 0.3) is 17.4 Å². The summed E-state index contributed by atoms with van der Waals surface area (Å²) in [5, 5.41) is 0.645. The highest BCUT2D eigenvalue weighted by Gasteiger charge is 2.33. The minimum absolute atomic E-state index is 0.229. The first-order valence-electron chi connectivity index (χ1n) is 11.6. The molecule has 0 saturated carbocycles. The topological polar surface area (TPSA) is 73.8 Å². The van der Waals surface area contributed by atoms with Crippen molar-refractivity contribution in [1.29, 1.82) is 0 Å². The third-order valence-electron chi connectivity index (χ3n) is 5.98. The zero-order valence-corrected chi connectivity index (χ0v) is 22.7. The number of aromatic nitrogens is 1. The number of halogens is 1. The zero-order valence-electron chi connectivity index (χ0n) is 20.4. The third kappa shape index (κ3) is 4.97. The van der Waals surface area contributed by atoms with Crippen LogP contribution in [0.2, 0.25) is 5.02 Å². The van der Waals surface area contributed by atoms with Crippen LogP contribution in [0.3, 0.4) is 0 Å². The number of benzene rings is 2. The van der Waals surface area contributed by atoms with E-state index in [1.807, 2.05) is 54.8 Å². The van der Waals surface area contributed by atoms with Crippen molar-refractivity contribution in [2.24, 2.45) is 4.99 Å². The molecule has 188 valence electrons. The molecule has 37 heavy (non-hydrogen) atoms. The molecule has 9 heteroatoms. The van der Waals surface area contributed by atoms with Crippen LogP contribution in [-0.4, -0.2) is 23.4 Å². The first kappa shape index (κ1) is 25.3. The Morgan fingerprint density at radius 3 is 2.57 bits per heavy atom. The fourth-order valence-electron chi connectivity index (χ4n) is 4.22. The average molecular weight is 551 g/mol. The molecule has 3 heterocycles. The Bertz CT molecular complexity index is 1680. The third-order valence-corrected chi connectivity index (χ3v) is 7.96. The van der Waals surface area contributed by atoms with Gasteiger partial charge in [-0.3, -0.25) is 9.36 Å². The van der Waals surface area contributed by atoms with Gasteiger partial charge in [0.2, 0.25) is 0 Å². The van der Waals surface area contributed by atoms with Crippen LogP contribution in [0.4, 0.5) is 0 Å². The van der Waals surface area contributed by atoms with E-state index in [4.69, 9.17) is 20.8 Å². The quantitative estimate of drug-likeness (QED) is 0.236. The van der Waals surface area contributed by atoms with E-state index in [0.29, 0.717) is 37.1 Å². The summed E-state index contributed by atoms with van der Waals surface area (Å²) in [6.07, 6.45) is 3.71. The van der Waals surface area contributed by atoms with E-state index >= 15 is 0 Å². The molecule has 0 aliphatic carbocycles. The summed E-state index contributed by atoms with van der Waals surface area (Å²) >= 11 is 8.88. The number of ether oxygens (including phenoxy) is 1. The molecule has 0 spiro atoms. The summed E-state index contributed by atoms with van der Waals surface area (Å²) in [6.45, 7) is 3.76. The van der Waals surface area contributed by atoms with Crippen LogP contribution in [0, 0.1) is 0 Å². The Morgan fingerprint density at radius 2 is 1.89 bits per heavy atom. The fraction of sp³-hybridized carbons (Fsp3) is 0.179. The zero-order chi connectivity index (χ0) is 26.1. The molecule has 0 saturated heterocycles. The van der Waals surface area contributed by atoms with Crippen LogP contribution in [0.15, 0.2) is 91.0 Å². The number of rotatable bonds is 6. The molecule has 2 aromatic heterocycles. The van der Waals surface area contributed by atoms with Crippen LogP contribution in [0.5, 0.6) is 0 Å². The van der Waals surface area contributed by atoms with Crippen molar-refractivity contribution in [2.45, 2.75) is 24.8 Å². The molecule has 1 aliphatic heterocycles. The van der Waals surface area contributed by atoms with Crippen molar-refractivity contribution in [3.63, 3.8) is 0 Å². The number of hydrogen-bond acceptors (Lipinski definition) is 7. The van der Waals surface area contributed by atoms with Crippen LogP contribution >= 0.6 is 34.7 Å². The summed E-state index contributed by atoms with van der Waals surface area (Å²) in [5.74, 6) is 0.732. The fourth-order valence-corrected chi connectivity index (χ4v) is 5.78. The molecule has 6 nitrogen and oxygen atoms in total. The first-order chi connectivity index (χ1) is 17.9. The summed E-state index contributed by atoms with van der Waals surface area (Å²) in [5.41, 5.74) is 2.34. The minimum Gasteiger partial charge on any atom is -0.463 e. The molecule has 0 radical (unpaired) electrons. The maximum Gasteiger partial charge on any atom is 0.338 e. The molecule has 0 bridgehead atoms. The summed E-state index contributed by atoms with van der Waals surface area (Å²) in [6, 6.07) is 18.2. The standard InChI is InChI=1S/C28H23ClN2O4S2/c1-4-34-27(33)24-16(2)30-28-31(25(24)18-7-12-21(36-3)13-8-18)26(32)23(37-28)15-20-11-14-22(35-20)17-5-9-19(29)10-6-17/h5-15,25H,4H2,1-3H3/b23-15-. The van der Waals surface area contributed by atoms with Gasteiger partial charge in [0.15, 0.2) is 4.80 Å². The molecular weight excluding hydrogens is 528 g/mol. The van der Waals surface area contributed by atoms with E-state index in [1.54, 1.807) is 48.4 Å². The van der Waals surface area contributed by atoms with Gasteiger partial charge in [-0.1, -0.05) is 35.1 Å². The molecule has 0 N–H and O–H groups in total. The monoisotopic (exact) mass is 550 g/mol. The lowest BCUT2D eigenvalue weighted by molar-refractivity contribution is -0.139. The molecule has 1 atom stereocenters. The number of carbonyl (C=O) groups excluding carboxylic acids is 1. The molecule has 2 aromatic carbocycles. The number of fused-ring (bicyclic) bond motifs is 1. The van der Waals surface area contributed by atoms with Gasteiger partial charge in [-0.05, 0) is 74.2 Å². The van der Waals surface area contributed by atoms with Crippen molar-refractivity contribution >= 4 is 46.7 Å². The predicted octanol–water partition coefficient (Wildman–Crippen LogP) is 5.43. The van der Waals surface area contributed by atoms with Gasteiger partial charge in [0.05, 0.1) is 28.5 Å². The minimum atomic E-state index is -0.644. The lowest BCUT2D eigenvalue weighted by Gasteiger charge is -2.24. The van der Waals surface area contributed by atoms with E-state index in [9.17, 15) is 9.59 Å². The highest BCUT2D eigenvalue weighted by Crippen LogP contribution is 2.32. The number of esters is 1. The van der Waals surface area contributed by atoms with E-state index in [1.165, 1.54) is 11.3 Å². The van der Waals surface area contributed by atoms with Crippen molar-refractivity contribution in [3.8, 4) is 11.3 Å². The van der Waals surface area contributed by atoms with Crippen molar-refractivity contribution < 1.29 is 13.9 Å². The summed E-state index contributed by atoms with van der Waals surface area (Å²) in [4.78, 5) is 32.9. The number of allylic oxidation sites excluding steroid dienone is 1. The number of carbonyl (C=O) groups is 1. The smallest absolute Gasteiger partial charge is 0.338 e. The summed E-state index contributed by atoms with van der Waals surface area (Å²) in [7, 11) is 0. The van der Waals surface area contributed by atoms with Gasteiger partial charge in [0.1, 0.15) is 11.5 Å². The van der Waals surface area contributed by atoms with Gasteiger partial charge < -0.3 is 9.15 Å². The lowest BCUT2D eigenvalue weighted by atomic mass is 9.96. The van der Waals surface area contributed by atoms with Gasteiger partial charge in [-0.15, -0.1) is 11.8 Å². The number of nitrogens with zero attached hydrogens (tertiary/aromatic N) is 2. The number of furan rings is 1. The SMILES string of the molecule is CCOC(=O)C1=C(C)N=c2s/c(=C\c3ccc(-c4ccc(Cl)cc4)o3)c(=O)n2C1c1ccc(SC)cc1. The highest BCUT2D eigenvalue weighted by atomic mass is 35.5. The van der Waals surface area contributed by atoms with Crippen LogP contribution in [0.1, 0.15) is 31.2 Å². The predicted molar refractivity (Wildman–Crippen MR) is 148 cm³/mol. The Labute approximate surface area is 226 Å². The molecule has 0 fully saturated rings. The Kier molecular flexibility index (Phi) is 7.24. The van der Waals surface area contributed by atoms with Gasteiger partial charge in [-0.2, -0.15) is 0 Å². The van der Waals surface area contributed by atoms with E-state index in [2.05, 4.69) is 4.99 Å². The Balaban J connectivity index is 1.62. The molecule has 4 aromatic rings. The number of thioether (sulfide) groups is 1. The number of thiazole rings is 1. The van der Waals surface area contributed by atoms with E-state index < -0.39 is 12.0 Å². The van der Waals surface area contributed by atoms with Gasteiger partial charge in [-0.25, -0.2) is 9.79 Å². The molecule has 1 unspecified atom stereocenters. The van der Waals surface area contributed by atoms with Gasteiger partial charge in [0.25, 0.3) is 5.56 Å². The van der Waals surface area contributed by atoms with Crippen molar-refractivity contribution in [3.05, 3.63) is 108 Å². The first-order valence-corrected chi connectivity index (χ1v) is 14.0. The maximum atomic E-state index is 13.7. The van der Waals surface area contributed by atoms with Crippen molar-refractivity contribution in [1.82, 2.24) is 4.57 Å². The van der Waals surface area contributed by atoms with Crippen LogP contribution in [-0.2, 0) is 9.53 Å². The Morgan fingerprint density at radius 1 is 1.16 bits per heavy atom. The highest BCUT2D eigenvalue weighted by molar-refractivity contribution is 7.98. The van der Waals surface area contributed by atoms with E-state index in [-0.39, 0.29) is 12.2 Å². The second kappa shape index (κ2) is 10.6.